The van der Waals surface area contributed by atoms with Crippen molar-refractivity contribution in [3.05, 3.63) is 35.5 Å². The van der Waals surface area contributed by atoms with Gasteiger partial charge < -0.3 is 18.6 Å². The van der Waals surface area contributed by atoms with Crippen molar-refractivity contribution >= 4 is 5.97 Å². The summed E-state index contributed by atoms with van der Waals surface area (Å²) in [5, 5.41) is 7.40. The van der Waals surface area contributed by atoms with Crippen molar-refractivity contribution in [1.29, 1.82) is 0 Å². The van der Waals surface area contributed by atoms with Gasteiger partial charge in [0.05, 0.1) is 27.8 Å². The lowest BCUT2D eigenvalue weighted by atomic mass is 10.1. The molecule has 20 heavy (non-hydrogen) atoms. The van der Waals surface area contributed by atoms with Crippen LogP contribution in [-0.4, -0.2) is 37.5 Å². The van der Waals surface area contributed by atoms with E-state index in [-0.39, 0.29) is 5.89 Å². The van der Waals surface area contributed by atoms with Gasteiger partial charge in [0.2, 0.25) is 5.89 Å². The molecule has 2 aromatic rings. The van der Waals surface area contributed by atoms with Gasteiger partial charge in [-0.1, -0.05) is 6.07 Å². The Labute approximate surface area is 115 Å². The summed E-state index contributed by atoms with van der Waals surface area (Å²) in [7, 11) is 4.38. The lowest BCUT2D eigenvalue weighted by Gasteiger charge is -2.08. The molecule has 0 aliphatic carbocycles. The Kier molecular flexibility index (Phi) is 4.19. The standard InChI is InChI=1S/C13H14N2O5/c1-17-9-5-4-8(6-10(9)18-2)7-11-14-15-12(20-11)13(16)19-3/h4-6H,7H2,1-3H3. The van der Waals surface area contributed by atoms with Gasteiger partial charge in [-0.15, -0.1) is 10.2 Å². The molecule has 0 saturated carbocycles. The molecule has 1 aromatic heterocycles. The van der Waals surface area contributed by atoms with Crippen LogP contribution in [0.2, 0.25) is 0 Å². The third-order valence-electron chi connectivity index (χ3n) is 2.63. The van der Waals surface area contributed by atoms with Gasteiger partial charge >= 0.3 is 11.9 Å². The van der Waals surface area contributed by atoms with E-state index in [0.29, 0.717) is 23.8 Å². The highest BCUT2D eigenvalue weighted by Gasteiger charge is 2.15. The highest BCUT2D eigenvalue weighted by Crippen LogP contribution is 2.28. The molecule has 7 nitrogen and oxygen atoms in total. The number of carbonyl (C=O) groups is 1. The zero-order valence-corrected chi connectivity index (χ0v) is 11.4. The predicted octanol–water partition coefficient (Wildman–Crippen LogP) is 1.46. The van der Waals surface area contributed by atoms with E-state index in [1.165, 1.54) is 7.11 Å². The van der Waals surface area contributed by atoms with E-state index in [9.17, 15) is 4.79 Å². The number of aromatic nitrogens is 2. The topological polar surface area (TPSA) is 83.7 Å². The van der Waals surface area contributed by atoms with Crippen molar-refractivity contribution in [1.82, 2.24) is 10.2 Å². The summed E-state index contributed by atoms with van der Waals surface area (Å²) in [5.41, 5.74) is 0.891. The summed E-state index contributed by atoms with van der Waals surface area (Å²) in [5.74, 6) is 0.742. The van der Waals surface area contributed by atoms with E-state index in [2.05, 4.69) is 14.9 Å². The maximum atomic E-state index is 11.2. The number of rotatable bonds is 5. The molecule has 0 spiro atoms. The van der Waals surface area contributed by atoms with Crippen LogP contribution in [0.25, 0.3) is 0 Å². The molecule has 0 aliphatic heterocycles. The summed E-state index contributed by atoms with van der Waals surface area (Å²) < 4.78 is 20.1. The van der Waals surface area contributed by atoms with Gasteiger partial charge in [0.15, 0.2) is 11.5 Å². The number of hydrogen-bond donors (Lipinski definition) is 0. The monoisotopic (exact) mass is 278 g/mol. The van der Waals surface area contributed by atoms with Crippen molar-refractivity contribution in [2.24, 2.45) is 0 Å². The van der Waals surface area contributed by atoms with E-state index < -0.39 is 5.97 Å². The van der Waals surface area contributed by atoms with E-state index in [1.807, 2.05) is 6.07 Å². The molecule has 0 fully saturated rings. The highest BCUT2D eigenvalue weighted by atomic mass is 16.5. The average molecular weight is 278 g/mol. The van der Waals surface area contributed by atoms with Crippen molar-refractivity contribution in [2.45, 2.75) is 6.42 Å². The summed E-state index contributed by atoms with van der Waals surface area (Å²) in [6, 6.07) is 5.44. The molecule has 0 aliphatic rings. The zero-order chi connectivity index (χ0) is 14.5. The van der Waals surface area contributed by atoms with Crippen molar-refractivity contribution in [3.8, 4) is 11.5 Å². The molecular weight excluding hydrogens is 264 g/mol. The first kappa shape index (κ1) is 13.9. The maximum absolute atomic E-state index is 11.2. The van der Waals surface area contributed by atoms with Gasteiger partial charge in [-0.3, -0.25) is 0 Å². The number of methoxy groups -OCH3 is 3. The number of hydrogen-bond acceptors (Lipinski definition) is 7. The Morgan fingerprint density at radius 1 is 1.15 bits per heavy atom. The van der Waals surface area contributed by atoms with Crippen LogP contribution in [0, 0.1) is 0 Å². The molecule has 1 aromatic carbocycles. The quantitative estimate of drug-likeness (QED) is 0.765. The van der Waals surface area contributed by atoms with E-state index in [1.54, 1.807) is 26.4 Å². The third kappa shape index (κ3) is 2.87. The van der Waals surface area contributed by atoms with Crippen LogP contribution >= 0.6 is 0 Å². The Balaban J connectivity index is 2.17. The number of carbonyl (C=O) groups excluding carboxylic acids is 1. The molecule has 0 N–H and O–H groups in total. The number of benzene rings is 1. The van der Waals surface area contributed by atoms with Gasteiger partial charge in [-0.05, 0) is 17.7 Å². The fourth-order valence-electron chi connectivity index (χ4n) is 1.66. The summed E-state index contributed by atoms with van der Waals surface area (Å²) in [6.45, 7) is 0. The first-order chi connectivity index (χ1) is 9.67. The molecule has 106 valence electrons. The van der Waals surface area contributed by atoms with E-state index in [4.69, 9.17) is 13.9 Å². The smallest absolute Gasteiger partial charge is 0.396 e. The molecule has 0 saturated heterocycles. The number of nitrogens with zero attached hydrogens (tertiary/aromatic N) is 2. The van der Waals surface area contributed by atoms with Gasteiger partial charge in [-0.2, -0.15) is 0 Å². The molecule has 1 heterocycles. The van der Waals surface area contributed by atoms with E-state index >= 15 is 0 Å². The summed E-state index contributed by atoms with van der Waals surface area (Å²) in [6.07, 6.45) is 0.379. The minimum absolute atomic E-state index is 0.164. The van der Waals surface area contributed by atoms with Gasteiger partial charge in [0, 0.05) is 0 Å². The second-order valence-electron chi connectivity index (χ2n) is 3.86. The molecule has 0 atom stereocenters. The highest BCUT2D eigenvalue weighted by molar-refractivity contribution is 5.83. The second-order valence-corrected chi connectivity index (χ2v) is 3.86. The molecule has 0 unspecified atom stereocenters. The van der Waals surface area contributed by atoms with Crippen LogP contribution in [0.1, 0.15) is 22.1 Å². The van der Waals surface area contributed by atoms with Crippen molar-refractivity contribution in [2.75, 3.05) is 21.3 Å². The van der Waals surface area contributed by atoms with Gasteiger partial charge in [-0.25, -0.2) is 4.79 Å². The molecule has 0 bridgehead atoms. The minimum atomic E-state index is -0.656. The predicted molar refractivity (Wildman–Crippen MR) is 68.0 cm³/mol. The lowest BCUT2D eigenvalue weighted by Crippen LogP contribution is -2.00. The third-order valence-corrected chi connectivity index (χ3v) is 2.63. The normalized spacial score (nSPS) is 10.2. The van der Waals surface area contributed by atoms with Crippen LogP contribution in [-0.2, 0) is 11.2 Å². The SMILES string of the molecule is COC(=O)c1nnc(Cc2ccc(OC)c(OC)c2)o1. The number of esters is 1. The fourth-order valence-corrected chi connectivity index (χ4v) is 1.66. The Bertz CT molecular complexity index is 609. The maximum Gasteiger partial charge on any atom is 0.396 e. The molecular formula is C13H14N2O5. The van der Waals surface area contributed by atoms with E-state index in [0.717, 1.165) is 5.56 Å². The first-order valence-electron chi connectivity index (χ1n) is 5.79. The molecule has 7 heteroatoms. The lowest BCUT2D eigenvalue weighted by molar-refractivity contribution is 0.0554. The Hall–Kier alpha value is -2.57. The Morgan fingerprint density at radius 2 is 1.90 bits per heavy atom. The molecule has 0 radical (unpaired) electrons. The van der Waals surface area contributed by atoms with Gasteiger partial charge in [0.1, 0.15) is 0 Å². The zero-order valence-electron chi connectivity index (χ0n) is 11.4. The largest absolute Gasteiger partial charge is 0.493 e. The molecule has 2 rings (SSSR count). The minimum Gasteiger partial charge on any atom is -0.493 e. The van der Waals surface area contributed by atoms with Gasteiger partial charge in [0.25, 0.3) is 0 Å². The van der Waals surface area contributed by atoms with Crippen LogP contribution in [0.5, 0.6) is 11.5 Å². The van der Waals surface area contributed by atoms with Crippen molar-refractivity contribution in [3.63, 3.8) is 0 Å². The second kappa shape index (κ2) is 6.05. The Morgan fingerprint density at radius 3 is 2.55 bits per heavy atom. The average Bonchev–Trinajstić information content (AvgIpc) is 2.94. The van der Waals surface area contributed by atoms with Crippen LogP contribution in [0.15, 0.2) is 22.6 Å². The van der Waals surface area contributed by atoms with Crippen LogP contribution < -0.4 is 9.47 Å². The van der Waals surface area contributed by atoms with Crippen LogP contribution in [0.4, 0.5) is 0 Å². The van der Waals surface area contributed by atoms with Crippen LogP contribution in [0.3, 0.4) is 0 Å². The fraction of sp³-hybridized carbons (Fsp3) is 0.308. The number of ether oxygens (including phenoxy) is 3. The molecule has 0 amide bonds. The van der Waals surface area contributed by atoms with Crippen molar-refractivity contribution < 1.29 is 23.4 Å². The summed E-state index contributed by atoms with van der Waals surface area (Å²) in [4.78, 5) is 11.2. The first-order valence-corrected chi connectivity index (χ1v) is 5.79. The summed E-state index contributed by atoms with van der Waals surface area (Å²) >= 11 is 0.